The first-order chi connectivity index (χ1) is 19.5. The highest BCUT2D eigenvalue weighted by Gasteiger charge is 2.43. The number of esters is 2. The molecule has 40 heavy (non-hydrogen) atoms. The average Bonchev–Trinajstić information content (AvgIpc) is 3.48. The van der Waals surface area contributed by atoms with Crippen molar-refractivity contribution in [3.05, 3.63) is 114 Å². The molecule has 0 fully saturated rings. The van der Waals surface area contributed by atoms with Crippen molar-refractivity contribution in [1.29, 1.82) is 0 Å². The molecule has 0 amide bonds. The van der Waals surface area contributed by atoms with E-state index < -0.39 is 23.8 Å². The van der Waals surface area contributed by atoms with Crippen LogP contribution in [0.4, 0.5) is 0 Å². The number of ether oxygens (including phenoxy) is 2. The van der Waals surface area contributed by atoms with Crippen molar-refractivity contribution in [1.82, 2.24) is 14.5 Å². The highest BCUT2D eigenvalue weighted by Crippen LogP contribution is 2.41. The Hall–Kier alpha value is -4.85. The highest BCUT2D eigenvalue weighted by atomic mass is 16.5. The van der Waals surface area contributed by atoms with Crippen LogP contribution >= 0.6 is 0 Å². The van der Waals surface area contributed by atoms with Gasteiger partial charge in [0.15, 0.2) is 0 Å². The number of carbonyl (C=O) groups excluding carboxylic acids is 2. The predicted molar refractivity (Wildman–Crippen MR) is 154 cm³/mol. The number of pyridine rings is 1. The van der Waals surface area contributed by atoms with Gasteiger partial charge in [-0.25, -0.2) is 9.78 Å². The molecule has 8 heteroatoms. The minimum absolute atomic E-state index is 0.0632. The number of imidazole rings is 1. The molecule has 5 rings (SSSR count). The Morgan fingerprint density at radius 3 is 2.58 bits per heavy atom. The number of nitrogens with zero attached hydrogens (tertiary/aromatic N) is 4. The molecule has 0 aliphatic carbocycles. The standard InChI is InChI=1S/C32H30N4O4/c1-21-27(31(37)39-3)29(30-26-9-5-4-8-25(26)14-15-34-30)28(22(2)35-21)32(38)40-18-6-7-23-10-12-24(13-11-23)19-36-17-16-33-20-36/h4-17,20,27,29H,18-19H2,1-3H3. The molecular weight excluding hydrogens is 504 g/mol. The number of hydrogen-bond acceptors (Lipinski definition) is 7. The molecule has 0 saturated heterocycles. The maximum absolute atomic E-state index is 13.5. The van der Waals surface area contributed by atoms with Crippen LogP contribution in [-0.4, -0.2) is 45.9 Å². The van der Waals surface area contributed by atoms with Gasteiger partial charge in [0.25, 0.3) is 0 Å². The summed E-state index contributed by atoms with van der Waals surface area (Å²) in [6, 6.07) is 17.8. The maximum Gasteiger partial charge on any atom is 0.336 e. The van der Waals surface area contributed by atoms with Gasteiger partial charge in [-0.05, 0) is 42.5 Å². The highest BCUT2D eigenvalue weighted by molar-refractivity contribution is 6.07. The second-order valence-electron chi connectivity index (χ2n) is 9.63. The van der Waals surface area contributed by atoms with E-state index in [0.29, 0.717) is 22.7 Å². The zero-order valence-corrected chi connectivity index (χ0v) is 22.7. The Morgan fingerprint density at radius 1 is 1.02 bits per heavy atom. The monoisotopic (exact) mass is 534 g/mol. The van der Waals surface area contributed by atoms with Gasteiger partial charge in [0, 0.05) is 41.9 Å². The number of rotatable bonds is 8. The predicted octanol–water partition coefficient (Wildman–Crippen LogP) is 5.36. The number of benzene rings is 2. The Labute approximate surface area is 232 Å². The molecule has 0 bridgehead atoms. The smallest absolute Gasteiger partial charge is 0.336 e. The SMILES string of the molecule is COC(=O)C1C(C)=NC(C)=C(C(=O)OCC=Cc2ccc(Cn3ccnc3)cc2)C1c1nccc2ccccc12. The molecule has 4 aromatic rings. The fraction of sp³-hybridized carbons (Fsp3) is 0.219. The maximum atomic E-state index is 13.5. The molecule has 2 atom stereocenters. The Morgan fingerprint density at radius 2 is 1.82 bits per heavy atom. The lowest BCUT2D eigenvalue weighted by molar-refractivity contribution is -0.144. The number of carbonyl (C=O) groups is 2. The van der Waals surface area contributed by atoms with Gasteiger partial charge >= 0.3 is 11.9 Å². The number of allylic oxidation sites excluding steroid dienone is 1. The van der Waals surface area contributed by atoms with Gasteiger partial charge in [0.2, 0.25) is 0 Å². The summed E-state index contributed by atoms with van der Waals surface area (Å²) in [5.41, 5.74) is 4.13. The molecule has 0 radical (unpaired) electrons. The number of hydrogen-bond donors (Lipinski definition) is 0. The summed E-state index contributed by atoms with van der Waals surface area (Å²) < 4.78 is 12.8. The van der Waals surface area contributed by atoms with Crippen LogP contribution in [0.1, 0.15) is 36.6 Å². The summed E-state index contributed by atoms with van der Waals surface area (Å²) in [6.07, 6.45) is 10.8. The molecule has 2 aromatic carbocycles. The van der Waals surface area contributed by atoms with Crippen molar-refractivity contribution in [2.45, 2.75) is 26.3 Å². The zero-order chi connectivity index (χ0) is 28.1. The van der Waals surface area contributed by atoms with E-state index >= 15 is 0 Å². The second kappa shape index (κ2) is 11.9. The van der Waals surface area contributed by atoms with E-state index in [1.54, 1.807) is 38.6 Å². The molecule has 0 N–H and O–H groups in total. The molecule has 2 aromatic heterocycles. The van der Waals surface area contributed by atoms with Gasteiger partial charge in [0.05, 0.1) is 30.6 Å². The third kappa shape index (κ3) is 5.61. The molecule has 0 saturated carbocycles. The third-order valence-corrected chi connectivity index (χ3v) is 7.03. The van der Waals surface area contributed by atoms with Gasteiger partial charge < -0.3 is 14.0 Å². The minimum atomic E-state index is -0.800. The fourth-order valence-corrected chi connectivity index (χ4v) is 5.13. The van der Waals surface area contributed by atoms with Gasteiger partial charge in [-0.2, -0.15) is 0 Å². The van der Waals surface area contributed by atoms with E-state index in [4.69, 9.17) is 9.47 Å². The van der Waals surface area contributed by atoms with Crippen LogP contribution in [0.25, 0.3) is 16.8 Å². The largest absolute Gasteiger partial charge is 0.468 e. The van der Waals surface area contributed by atoms with Crippen molar-refractivity contribution in [2.24, 2.45) is 10.9 Å². The summed E-state index contributed by atoms with van der Waals surface area (Å²) in [5, 5.41) is 1.81. The molecule has 8 nitrogen and oxygen atoms in total. The van der Waals surface area contributed by atoms with E-state index in [2.05, 4.69) is 27.1 Å². The van der Waals surface area contributed by atoms with Gasteiger partial charge in [-0.15, -0.1) is 0 Å². The second-order valence-corrected chi connectivity index (χ2v) is 9.63. The lowest BCUT2D eigenvalue weighted by Crippen LogP contribution is -2.36. The normalized spacial score (nSPS) is 17.2. The van der Waals surface area contributed by atoms with Crippen LogP contribution < -0.4 is 0 Å². The molecule has 2 unspecified atom stereocenters. The lowest BCUT2D eigenvalue weighted by Gasteiger charge is -2.31. The van der Waals surface area contributed by atoms with Crippen LogP contribution in [0.5, 0.6) is 0 Å². The quantitative estimate of drug-likeness (QED) is 0.283. The first-order valence-corrected chi connectivity index (χ1v) is 13.0. The van der Waals surface area contributed by atoms with E-state index in [0.717, 1.165) is 28.4 Å². The third-order valence-electron chi connectivity index (χ3n) is 7.03. The summed E-state index contributed by atoms with van der Waals surface area (Å²) >= 11 is 0. The first-order valence-electron chi connectivity index (χ1n) is 13.0. The number of fused-ring (bicyclic) bond motifs is 1. The summed E-state index contributed by atoms with van der Waals surface area (Å²) in [5.74, 6) is -2.51. The van der Waals surface area contributed by atoms with Crippen molar-refractivity contribution < 1.29 is 19.1 Å². The van der Waals surface area contributed by atoms with Crippen molar-refractivity contribution in [3.8, 4) is 0 Å². The first kappa shape index (κ1) is 26.7. The van der Waals surface area contributed by atoms with Gasteiger partial charge in [-0.1, -0.05) is 54.6 Å². The Kier molecular flexibility index (Phi) is 7.96. The van der Waals surface area contributed by atoms with Crippen molar-refractivity contribution in [3.63, 3.8) is 0 Å². The van der Waals surface area contributed by atoms with Crippen molar-refractivity contribution in [2.75, 3.05) is 13.7 Å². The molecule has 1 aliphatic heterocycles. The molecule has 0 spiro atoms. The summed E-state index contributed by atoms with van der Waals surface area (Å²) in [7, 11) is 1.33. The number of aliphatic imine (C=N–C) groups is 1. The van der Waals surface area contributed by atoms with Crippen LogP contribution in [0.3, 0.4) is 0 Å². The van der Waals surface area contributed by atoms with E-state index in [-0.39, 0.29) is 6.61 Å². The van der Waals surface area contributed by atoms with Crippen LogP contribution in [0.2, 0.25) is 0 Å². The zero-order valence-electron chi connectivity index (χ0n) is 22.7. The van der Waals surface area contributed by atoms with E-state index in [1.807, 2.05) is 59.3 Å². The van der Waals surface area contributed by atoms with Gasteiger partial charge in [0.1, 0.15) is 12.5 Å². The Balaban J connectivity index is 1.36. The number of aromatic nitrogens is 3. The molecule has 3 heterocycles. The average molecular weight is 535 g/mol. The summed E-state index contributed by atoms with van der Waals surface area (Å²) in [6.45, 7) is 4.34. The van der Waals surface area contributed by atoms with Crippen LogP contribution in [-0.2, 0) is 25.6 Å². The Bertz CT molecular complexity index is 1610. The summed E-state index contributed by atoms with van der Waals surface area (Å²) in [4.78, 5) is 39.8. The van der Waals surface area contributed by atoms with E-state index in [9.17, 15) is 9.59 Å². The molecular formula is C32H30N4O4. The van der Waals surface area contributed by atoms with Crippen molar-refractivity contribution >= 4 is 34.5 Å². The molecule has 202 valence electrons. The van der Waals surface area contributed by atoms with Crippen LogP contribution in [0, 0.1) is 5.92 Å². The topological polar surface area (TPSA) is 95.7 Å². The minimum Gasteiger partial charge on any atom is -0.468 e. The number of methoxy groups -OCH3 is 1. The van der Waals surface area contributed by atoms with Gasteiger partial charge in [-0.3, -0.25) is 14.8 Å². The fourth-order valence-electron chi connectivity index (χ4n) is 5.13. The van der Waals surface area contributed by atoms with Crippen LogP contribution in [0.15, 0.2) is 102 Å². The van der Waals surface area contributed by atoms with E-state index in [1.165, 1.54) is 7.11 Å². The lowest BCUT2D eigenvalue weighted by atomic mass is 9.76. The molecule has 1 aliphatic rings.